The fourth-order valence-electron chi connectivity index (χ4n) is 2.10. The van der Waals surface area contributed by atoms with Crippen LogP contribution in [0.5, 0.6) is 5.75 Å². The highest BCUT2D eigenvalue weighted by Crippen LogP contribution is 2.25. The molecule has 0 aliphatic heterocycles. The molecule has 6 nitrogen and oxygen atoms in total. The van der Waals surface area contributed by atoms with E-state index < -0.39 is 0 Å². The maximum Gasteiger partial charge on any atom is 0.134 e. The maximum absolute atomic E-state index is 9.60. The quantitative estimate of drug-likeness (QED) is 0.675. The summed E-state index contributed by atoms with van der Waals surface area (Å²) in [5.74, 6) is 1.55. The lowest BCUT2D eigenvalue weighted by atomic mass is 10.1. The fourth-order valence-corrected chi connectivity index (χ4v) is 2.10. The van der Waals surface area contributed by atoms with Crippen molar-refractivity contribution in [3.8, 4) is 5.75 Å². The Morgan fingerprint density at radius 3 is 2.95 bits per heavy atom. The summed E-state index contributed by atoms with van der Waals surface area (Å²) >= 11 is 0. The molecule has 0 amide bonds. The zero-order valence-electron chi connectivity index (χ0n) is 11.0. The Bertz CT molecular complexity index is 765. The molecule has 0 spiro atoms. The van der Waals surface area contributed by atoms with Gasteiger partial charge in [0, 0.05) is 30.7 Å². The monoisotopic (exact) mass is 269 g/mol. The zero-order chi connectivity index (χ0) is 14.1. The first-order chi connectivity index (χ1) is 9.65. The van der Waals surface area contributed by atoms with Crippen LogP contribution in [-0.2, 0) is 13.6 Å². The van der Waals surface area contributed by atoms with Crippen LogP contribution in [0, 0.1) is 0 Å². The van der Waals surface area contributed by atoms with E-state index in [0.717, 1.165) is 16.3 Å². The lowest BCUT2D eigenvalue weighted by Crippen LogP contribution is -2.05. The SMILES string of the molecule is Cn1ncc(CNc2nccc3ccc(O)cc23)c1N. The Labute approximate surface area is 115 Å². The highest BCUT2D eigenvalue weighted by atomic mass is 16.3. The van der Waals surface area contributed by atoms with Crippen LogP contribution < -0.4 is 11.1 Å². The van der Waals surface area contributed by atoms with Gasteiger partial charge in [0.25, 0.3) is 0 Å². The number of fused-ring (bicyclic) bond motifs is 1. The molecule has 20 heavy (non-hydrogen) atoms. The Hall–Kier alpha value is -2.76. The predicted octanol–water partition coefficient (Wildman–Crippen LogP) is 1.87. The second-order valence-corrected chi connectivity index (χ2v) is 4.60. The molecule has 3 rings (SSSR count). The molecule has 0 saturated carbocycles. The van der Waals surface area contributed by atoms with Crippen LogP contribution in [0.4, 0.5) is 11.6 Å². The molecule has 0 bridgehead atoms. The molecular weight excluding hydrogens is 254 g/mol. The molecule has 2 heterocycles. The average molecular weight is 269 g/mol. The number of phenols is 1. The number of aromatic hydroxyl groups is 1. The number of nitrogens with one attached hydrogen (secondary N) is 1. The minimum atomic E-state index is 0.217. The second-order valence-electron chi connectivity index (χ2n) is 4.60. The number of aromatic nitrogens is 3. The van der Waals surface area contributed by atoms with E-state index in [-0.39, 0.29) is 5.75 Å². The third-order valence-corrected chi connectivity index (χ3v) is 3.26. The van der Waals surface area contributed by atoms with Crippen molar-refractivity contribution in [3.05, 3.63) is 42.2 Å². The third-order valence-electron chi connectivity index (χ3n) is 3.26. The van der Waals surface area contributed by atoms with Crippen molar-refractivity contribution >= 4 is 22.4 Å². The lowest BCUT2D eigenvalue weighted by molar-refractivity contribution is 0.476. The van der Waals surface area contributed by atoms with Crippen molar-refractivity contribution in [1.82, 2.24) is 14.8 Å². The molecule has 0 aliphatic carbocycles. The zero-order valence-corrected chi connectivity index (χ0v) is 11.0. The number of pyridine rings is 1. The van der Waals surface area contributed by atoms with E-state index in [1.54, 1.807) is 36.3 Å². The summed E-state index contributed by atoms with van der Waals surface area (Å²) in [6.07, 6.45) is 3.46. The van der Waals surface area contributed by atoms with Crippen LogP contribution in [0.15, 0.2) is 36.7 Å². The summed E-state index contributed by atoms with van der Waals surface area (Å²) < 4.78 is 1.62. The summed E-state index contributed by atoms with van der Waals surface area (Å²) in [7, 11) is 1.80. The van der Waals surface area contributed by atoms with Gasteiger partial charge in [0.05, 0.1) is 6.20 Å². The van der Waals surface area contributed by atoms with Gasteiger partial charge in [-0.1, -0.05) is 6.07 Å². The van der Waals surface area contributed by atoms with Crippen molar-refractivity contribution < 1.29 is 5.11 Å². The molecular formula is C14H15N5O. The number of hydrogen-bond acceptors (Lipinski definition) is 5. The van der Waals surface area contributed by atoms with Gasteiger partial charge in [0.15, 0.2) is 0 Å². The summed E-state index contributed by atoms with van der Waals surface area (Å²) in [6.45, 7) is 0.529. The van der Waals surface area contributed by atoms with Gasteiger partial charge >= 0.3 is 0 Å². The van der Waals surface area contributed by atoms with Gasteiger partial charge < -0.3 is 16.2 Å². The number of nitrogen functional groups attached to an aromatic ring is 1. The third kappa shape index (κ3) is 2.11. The van der Waals surface area contributed by atoms with Crippen LogP contribution in [0.1, 0.15) is 5.56 Å². The van der Waals surface area contributed by atoms with Gasteiger partial charge in [-0.25, -0.2) is 4.98 Å². The van der Waals surface area contributed by atoms with Crippen molar-refractivity contribution in [3.63, 3.8) is 0 Å². The van der Waals surface area contributed by atoms with Crippen molar-refractivity contribution in [2.24, 2.45) is 7.05 Å². The van der Waals surface area contributed by atoms with Gasteiger partial charge in [-0.2, -0.15) is 5.10 Å². The van der Waals surface area contributed by atoms with E-state index in [1.165, 1.54) is 0 Å². The molecule has 4 N–H and O–H groups in total. The van der Waals surface area contributed by atoms with Crippen LogP contribution in [0.2, 0.25) is 0 Å². The van der Waals surface area contributed by atoms with Gasteiger partial charge in [-0.3, -0.25) is 4.68 Å². The number of phenolic OH excluding ortho intramolecular Hbond substituents is 1. The van der Waals surface area contributed by atoms with Gasteiger partial charge in [-0.15, -0.1) is 0 Å². The van der Waals surface area contributed by atoms with Gasteiger partial charge in [0.2, 0.25) is 0 Å². The summed E-state index contributed by atoms with van der Waals surface area (Å²) in [5, 5.41) is 18.8. The summed E-state index contributed by atoms with van der Waals surface area (Å²) in [6, 6.07) is 7.11. The minimum Gasteiger partial charge on any atom is -0.508 e. The predicted molar refractivity (Wildman–Crippen MR) is 78.4 cm³/mol. The molecule has 102 valence electrons. The first-order valence-corrected chi connectivity index (χ1v) is 6.23. The smallest absolute Gasteiger partial charge is 0.134 e. The van der Waals surface area contributed by atoms with Crippen molar-refractivity contribution in [2.75, 3.05) is 11.1 Å². The molecule has 0 saturated heterocycles. The topological polar surface area (TPSA) is 89.0 Å². The Balaban J connectivity index is 1.91. The molecule has 0 unspecified atom stereocenters. The Morgan fingerprint density at radius 2 is 2.20 bits per heavy atom. The molecule has 2 aromatic heterocycles. The van der Waals surface area contributed by atoms with Gasteiger partial charge in [-0.05, 0) is 23.6 Å². The standard InChI is InChI=1S/C14H15N5O/c1-19-13(15)10(8-18-19)7-17-14-12-6-11(20)3-2-9(12)4-5-16-14/h2-6,8,20H,7,15H2,1H3,(H,16,17). The number of nitrogens with two attached hydrogens (primary N) is 1. The van der Waals surface area contributed by atoms with E-state index in [1.807, 2.05) is 12.1 Å². The molecule has 0 radical (unpaired) electrons. The number of nitrogens with zero attached hydrogens (tertiary/aromatic N) is 3. The highest BCUT2D eigenvalue weighted by molar-refractivity contribution is 5.92. The van der Waals surface area contributed by atoms with Crippen molar-refractivity contribution in [2.45, 2.75) is 6.54 Å². The van der Waals surface area contributed by atoms with Crippen LogP contribution >= 0.6 is 0 Å². The molecule has 0 aliphatic rings. The Morgan fingerprint density at radius 1 is 1.35 bits per heavy atom. The van der Waals surface area contributed by atoms with E-state index >= 15 is 0 Å². The average Bonchev–Trinajstić information content (AvgIpc) is 2.76. The number of hydrogen-bond donors (Lipinski definition) is 3. The highest BCUT2D eigenvalue weighted by Gasteiger charge is 2.07. The second kappa shape index (κ2) is 4.73. The minimum absolute atomic E-state index is 0.217. The lowest BCUT2D eigenvalue weighted by Gasteiger charge is -2.08. The van der Waals surface area contributed by atoms with E-state index in [2.05, 4.69) is 15.4 Å². The number of anilines is 2. The maximum atomic E-state index is 9.60. The first kappa shape index (κ1) is 12.3. The molecule has 0 fully saturated rings. The van der Waals surface area contributed by atoms with Crippen molar-refractivity contribution in [1.29, 1.82) is 0 Å². The largest absolute Gasteiger partial charge is 0.508 e. The van der Waals surface area contributed by atoms with Crippen LogP contribution in [-0.4, -0.2) is 19.9 Å². The van der Waals surface area contributed by atoms with Crippen LogP contribution in [0.25, 0.3) is 10.8 Å². The van der Waals surface area contributed by atoms with Gasteiger partial charge in [0.1, 0.15) is 17.4 Å². The van der Waals surface area contributed by atoms with E-state index in [4.69, 9.17) is 5.73 Å². The molecule has 1 aromatic carbocycles. The Kier molecular flexibility index (Phi) is 2.90. The summed E-state index contributed by atoms with van der Waals surface area (Å²) in [5.41, 5.74) is 6.81. The molecule has 3 aromatic rings. The van der Waals surface area contributed by atoms with E-state index in [0.29, 0.717) is 18.2 Å². The number of aryl methyl sites for hydroxylation is 1. The van der Waals surface area contributed by atoms with Crippen LogP contribution in [0.3, 0.4) is 0 Å². The first-order valence-electron chi connectivity index (χ1n) is 6.23. The number of benzene rings is 1. The molecule has 0 atom stereocenters. The normalized spacial score (nSPS) is 10.8. The van der Waals surface area contributed by atoms with E-state index in [9.17, 15) is 5.11 Å². The fraction of sp³-hybridized carbons (Fsp3) is 0.143. The number of rotatable bonds is 3. The molecule has 6 heteroatoms. The summed E-state index contributed by atoms with van der Waals surface area (Å²) in [4.78, 5) is 4.31.